The van der Waals surface area contributed by atoms with E-state index in [1.807, 2.05) is 0 Å². The van der Waals surface area contributed by atoms with E-state index in [0.717, 1.165) is 0 Å². The van der Waals surface area contributed by atoms with Crippen LogP contribution in [0.25, 0.3) is 0 Å². The summed E-state index contributed by atoms with van der Waals surface area (Å²) in [5, 5.41) is 5.11. The number of cyclic esters (lactones) is 1. The highest BCUT2D eigenvalue weighted by molar-refractivity contribution is 7.89. The molecule has 1 fully saturated rings. The third-order valence-corrected chi connectivity index (χ3v) is 3.56. The molecule has 1 heterocycles. The van der Waals surface area contributed by atoms with E-state index in [-0.39, 0.29) is 23.7 Å². The van der Waals surface area contributed by atoms with Crippen molar-refractivity contribution in [2.75, 3.05) is 18.0 Å². The van der Waals surface area contributed by atoms with Crippen LogP contribution < -0.4 is 15.8 Å². The predicted molar refractivity (Wildman–Crippen MR) is 64.5 cm³/mol. The molecular weight excluding hydrogens is 258 g/mol. The lowest BCUT2D eigenvalue weighted by Gasteiger charge is -2.15. The van der Waals surface area contributed by atoms with Crippen LogP contribution in [-0.4, -0.2) is 33.7 Å². The maximum absolute atomic E-state index is 11.6. The van der Waals surface area contributed by atoms with E-state index < -0.39 is 22.2 Å². The number of carbonyl (C=O) groups is 1. The number of sulfonamides is 1. The second-order valence-electron chi connectivity index (χ2n) is 3.86. The molecular formula is C10H13N3O4S. The van der Waals surface area contributed by atoms with Gasteiger partial charge in [-0.3, -0.25) is 4.90 Å². The molecule has 1 aliphatic heterocycles. The molecule has 1 aromatic carbocycles. The minimum absolute atomic E-state index is 0.111. The van der Waals surface area contributed by atoms with Gasteiger partial charge in [0.25, 0.3) is 0 Å². The molecule has 0 bridgehead atoms. The van der Waals surface area contributed by atoms with Gasteiger partial charge in [-0.15, -0.1) is 0 Å². The number of benzene rings is 1. The van der Waals surface area contributed by atoms with Crippen molar-refractivity contribution in [3.63, 3.8) is 0 Å². The van der Waals surface area contributed by atoms with Gasteiger partial charge in [0.2, 0.25) is 10.0 Å². The molecule has 0 saturated carbocycles. The van der Waals surface area contributed by atoms with Crippen LogP contribution >= 0.6 is 0 Å². The number of rotatable bonds is 3. The topological polar surface area (TPSA) is 116 Å². The van der Waals surface area contributed by atoms with Crippen LogP contribution in [-0.2, 0) is 14.8 Å². The first-order valence-electron chi connectivity index (χ1n) is 5.23. The molecule has 0 aromatic heterocycles. The first-order valence-corrected chi connectivity index (χ1v) is 6.78. The van der Waals surface area contributed by atoms with E-state index in [9.17, 15) is 13.2 Å². The predicted octanol–water partition coefficient (Wildman–Crippen LogP) is -0.382. The summed E-state index contributed by atoms with van der Waals surface area (Å²) in [6.07, 6.45) is -1.06. The van der Waals surface area contributed by atoms with E-state index in [0.29, 0.717) is 0 Å². The van der Waals surface area contributed by atoms with E-state index in [4.69, 9.17) is 15.6 Å². The Morgan fingerprint density at radius 2 is 2.06 bits per heavy atom. The quantitative estimate of drug-likeness (QED) is 0.777. The first-order chi connectivity index (χ1) is 8.43. The largest absolute Gasteiger partial charge is 0.443 e. The van der Waals surface area contributed by atoms with Gasteiger partial charge in [0.05, 0.1) is 12.2 Å². The van der Waals surface area contributed by atoms with Gasteiger partial charge in [-0.05, 0) is 12.1 Å². The Hall–Kier alpha value is -1.64. The van der Waals surface area contributed by atoms with Crippen LogP contribution in [0, 0.1) is 0 Å². The average Bonchev–Trinajstić information content (AvgIpc) is 2.69. The monoisotopic (exact) mass is 271 g/mol. The molecule has 98 valence electrons. The zero-order chi connectivity index (χ0) is 13.3. The van der Waals surface area contributed by atoms with E-state index >= 15 is 0 Å². The van der Waals surface area contributed by atoms with Crippen LogP contribution in [0.2, 0.25) is 0 Å². The van der Waals surface area contributed by atoms with E-state index in [1.54, 1.807) is 6.07 Å². The number of carbonyl (C=O) groups excluding carboxylic acids is 1. The molecule has 8 heteroatoms. The minimum Gasteiger partial charge on any atom is -0.443 e. The number of amides is 1. The lowest BCUT2D eigenvalue weighted by Crippen LogP contribution is -2.29. The lowest BCUT2D eigenvalue weighted by atomic mass is 10.2. The molecule has 4 N–H and O–H groups in total. The number of nitrogens with two attached hydrogens (primary N) is 2. The molecule has 18 heavy (non-hydrogen) atoms. The van der Waals surface area contributed by atoms with Crippen LogP contribution in [0.3, 0.4) is 0 Å². The van der Waals surface area contributed by atoms with Crippen molar-refractivity contribution in [2.24, 2.45) is 10.9 Å². The summed E-state index contributed by atoms with van der Waals surface area (Å²) in [5.41, 5.74) is 5.62. The molecule has 1 aromatic rings. The van der Waals surface area contributed by atoms with Crippen molar-refractivity contribution in [1.29, 1.82) is 0 Å². The van der Waals surface area contributed by atoms with E-state index in [1.165, 1.54) is 23.1 Å². The van der Waals surface area contributed by atoms with Gasteiger partial charge in [0, 0.05) is 6.54 Å². The number of hydrogen-bond acceptors (Lipinski definition) is 5. The molecule has 2 rings (SSSR count). The maximum Gasteiger partial charge on any atom is 0.414 e. The highest BCUT2D eigenvalue weighted by Crippen LogP contribution is 2.27. The Balaban J connectivity index is 2.44. The van der Waals surface area contributed by atoms with Crippen LogP contribution in [0.5, 0.6) is 0 Å². The summed E-state index contributed by atoms with van der Waals surface area (Å²) in [6, 6.07) is 5.99. The molecule has 0 aliphatic carbocycles. The Morgan fingerprint density at radius 1 is 1.39 bits per heavy atom. The van der Waals surface area contributed by atoms with Gasteiger partial charge in [0.1, 0.15) is 11.0 Å². The summed E-state index contributed by atoms with van der Waals surface area (Å²) in [5.74, 6) is 0. The van der Waals surface area contributed by atoms with Crippen molar-refractivity contribution in [3.05, 3.63) is 24.3 Å². The Bertz CT molecular complexity index is 572. The number of nitrogens with zero attached hydrogens (tertiary/aromatic N) is 1. The molecule has 1 amide bonds. The molecule has 0 radical (unpaired) electrons. The van der Waals surface area contributed by atoms with Crippen molar-refractivity contribution >= 4 is 21.8 Å². The fourth-order valence-electron chi connectivity index (χ4n) is 1.76. The molecule has 1 unspecified atom stereocenters. The number of anilines is 1. The van der Waals surface area contributed by atoms with Gasteiger partial charge in [-0.25, -0.2) is 18.4 Å². The molecule has 1 atom stereocenters. The summed E-state index contributed by atoms with van der Waals surface area (Å²) in [4.78, 5) is 12.7. The zero-order valence-corrected chi connectivity index (χ0v) is 10.3. The molecule has 1 aliphatic rings. The highest BCUT2D eigenvalue weighted by Gasteiger charge is 2.33. The van der Waals surface area contributed by atoms with Crippen molar-refractivity contribution in [1.82, 2.24) is 0 Å². The number of ether oxygens (including phenoxy) is 1. The van der Waals surface area contributed by atoms with Gasteiger partial charge >= 0.3 is 6.09 Å². The summed E-state index contributed by atoms with van der Waals surface area (Å²) in [6.45, 7) is 0.391. The third-order valence-electron chi connectivity index (χ3n) is 2.60. The number of para-hydroxylation sites is 1. The zero-order valence-electron chi connectivity index (χ0n) is 9.44. The Kier molecular flexibility index (Phi) is 3.24. The van der Waals surface area contributed by atoms with Crippen molar-refractivity contribution < 1.29 is 17.9 Å². The summed E-state index contributed by atoms with van der Waals surface area (Å²) < 4.78 is 27.9. The minimum atomic E-state index is -3.90. The smallest absolute Gasteiger partial charge is 0.414 e. The fourth-order valence-corrected chi connectivity index (χ4v) is 2.50. The molecule has 1 saturated heterocycles. The van der Waals surface area contributed by atoms with Gasteiger partial charge in [-0.1, -0.05) is 12.1 Å². The first kappa shape index (κ1) is 12.8. The van der Waals surface area contributed by atoms with Crippen molar-refractivity contribution in [2.45, 2.75) is 11.0 Å². The third kappa shape index (κ3) is 2.30. The van der Waals surface area contributed by atoms with Crippen LogP contribution in [0.1, 0.15) is 0 Å². The van der Waals surface area contributed by atoms with Gasteiger partial charge < -0.3 is 10.5 Å². The summed E-state index contributed by atoms with van der Waals surface area (Å²) >= 11 is 0. The second-order valence-corrected chi connectivity index (χ2v) is 5.39. The maximum atomic E-state index is 11.6. The average molecular weight is 271 g/mol. The lowest BCUT2D eigenvalue weighted by molar-refractivity contribution is 0.145. The van der Waals surface area contributed by atoms with Gasteiger partial charge in [0.15, 0.2) is 0 Å². The second kappa shape index (κ2) is 4.56. The molecule has 7 nitrogen and oxygen atoms in total. The Morgan fingerprint density at radius 3 is 2.61 bits per heavy atom. The normalized spacial score (nSPS) is 20.0. The fraction of sp³-hybridized carbons (Fsp3) is 0.300. The highest BCUT2D eigenvalue weighted by atomic mass is 32.2. The van der Waals surface area contributed by atoms with Gasteiger partial charge in [-0.2, -0.15) is 0 Å². The SMILES string of the molecule is NCC1CN(c2ccccc2S(N)(=O)=O)C(=O)O1. The van der Waals surface area contributed by atoms with Crippen LogP contribution in [0.15, 0.2) is 29.2 Å². The number of primary sulfonamides is 1. The van der Waals surface area contributed by atoms with Crippen molar-refractivity contribution in [3.8, 4) is 0 Å². The summed E-state index contributed by atoms with van der Waals surface area (Å²) in [7, 11) is -3.90. The Labute approximate surface area is 104 Å². The van der Waals surface area contributed by atoms with E-state index in [2.05, 4.69) is 0 Å². The van der Waals surface area contributed by atoms with Crippen LogP contribution in [0.4, 0.5) is 10.5 Å². The molecule has 0 spiro atoms. The number of hydrogen-bond donors (Lipinski definition) is 2. The standard InChI is InChI=1S/C10H13N3O4S/c11-5-7-6-13(10(14)17-7)8-3-1-2-4-9(8)18(12,15)16/h1-4,7H,5-6,11H2,(H2,12,15,16).